The highest BCUT2D eigenvalue weighted by Crippen LogP contribution is 2.75. The molecular weight excluding hydrogens is 615 g/mol. The van der Waals surface area contributed by atoms with Crippen LogP contribution in [0.1, 0.15) is 33.7 Å². The van der Waals surface area contributed by atoms with Crippen molar-refractivity contribution in [1.82, 2.24) is 0 Å². The summed E-state index contributed by atoms with van der Waals surface area (Å²) >= 11 is 3.15. The van der Waals surface area contributed by atoms with Gasteiger partial charge < -0.3 is 4.90 Å². The van der Waals surface area contributed by atoms with Gasteiger partial charge in [0.05, 0.1) is 17.2 Å². The van der Waals surface area contributed by atoms with Gasteiger partial charge in [-0.3, -0.25) is 0 Å². The van der Waals surface area contributed by atoms with E-state index in [1.54, 1.807) is 0 Å². The van der Waals surface area contributed by atoms with Crippen molar-refractivity contribution in [3.8, 4) is 0 Å². The molecule has 0 saturated heterocycles. The van der Waals surface area contributed by atoms with Gasteiger partial charge in [-0.1, -0.05) is 40.2 Å². The van der Waals surface area contributed by atoms with E-state index in [0.717, 1.165) is 17.0 Å². The average molecular weight is 628 g/mol. The van der Waals surface area contributed by atoms with Crippen LogP contribution in [0.5, 0.6) is 0 Å². The normalized spacial score (nSPS) is 22.4. The number of hydrogen-bond acceptors (Lipinski definition) is 1. The highest BCUT2D eigenvalue weighted by molar-refractivity contribution is 9.10. The molecule has 1 heterocycles. The van der Waals surface area contributed by atoms with E-state index in [4.69, 9.17) is 0 Å². The molecule has 3 atom stereocenters. The van der Waals surface area contributed by atoms with Gasteiger partial charge in [0.25, 0.3) is 6.08 Å². The molecule has 3 aromatic rings. The Kier molecular flexibility index (Phi) is 6.13. The highest BCUT2D eigenvalue weighted by Gasteiger charge is 2.84. The second-order valence-corrected chi connectivity index (χ2v) is 10.0. The molecule has 0 N–H and O–H groups in total. The molecule has 1 aliphatic carbocycles. The lowest BCUT2D eigenvalue weighted by Gasteiger charge is -2.33. The Morgan fingerprint density at radius 2 is 1.23 bits per heavy atom. The third-order valence-corrected chi connectivity index (χ3v) is 7.58. The van der Waals surface area contributed by atoms with Gasteiger partial charge in [-0.15, -0.1) is 0 Å². The SMILES string of the molecule is FC(F)=C(c1ccc(C(F)(F)F)cc1)N1c2ccc(Br)cc2[C@H]2[C@@H]1[C@]2(c1ccc(C(F)(F)F)cc1)C(F)(F)F. The fraction of sp³-hybridized carbons (Fsp3) is 0.231. The maximum Gasteiger partial charge on any atom is 0.416 e. The zero-order chi connectivity index (χ0) is 28.7. The van der Waals surface area contributed by atoms with Crippen LogP contribution >= 0.6 is 15.9 Å². The maximum atomic E-state index is 14.9. The molecule has 0 radical (unpaired) electrons. The van der Waals surface area contributed by atoms with E-state index in [-0.39, 0.29) is 11.3 Å². The van der Waals surface area contributed by atoms with Crippen LogP contribution < -0.4 is 4.90 Å². The molecule has 1 nitrogen and oxygen atoms in total. The predicted molar refractivity (Wildman–Crippen MR) is 123 cm³/mol. The quantitative estimate of drug-likeness (QED) is 0.261. The van der Waals surface area contributed by atoms with E-state index >= 15 is 0 Å². The van der Waals surface area contributed by atoms with Crippen LogP contribution in [0, 0.1) is 0 Å². The first-order valence-electron chi connectivity index (χ1n) is 11.1. The van der Waals surface area contributed by atoms with Gasteiger partial charge in [-0.05, 0) is 53.6 Å². The molecule has 0 amide bonds. The van der Waals surface area contributed by atoms with E-state index in [2.05, 4.69) is 15.9 Å². The molecule has 206 valence electrons. The third-order valence-electron chi connectivity index (χ3n) is 7.09. The molecule has 1 aliphatic heterocycles. The maximum absolute atomic E-state index is 14.9. The summed E-state index contributed by atoms with van der Waals surface area (Å²) in [5.74, 6) is -1.48. The Hall–Kier alpha value is -3.09. The minimum atomic E-state index is -5.10. The molecular formula is C26H13BrF11N. The molecule has 2 aliphatic rings. The van der Waals surface area contributed by atoms with Crippen molar-refractivity contribution in [3.05, 3.63) is 105 Å². The standard InChI is InChI=1S/C26H13BrF11N/c27-16-9-10-18-17(11-16)19-21(23(19,26(36,37)38)13-5-7-15(8-6-13)25(33,34)35)39(18)20(22(28)29)12-1-3-14(4-2-12)24(30,31)32/h1-11,19,21H/t19-,21+,23+/m0/s1. The summed E-state index contributed by atoms with van der Waals surface area (Å²) < 4.78 is 152. The first kappa shape index (κ1) is 27.5. The van der Waals surface area contributed by atoms with Crippen LogP contribution in [-0.2, 0) is 17.8 Å². The summed E-state index contributed by atoms with van der Waals surface area (Å²) in [7, 11) is 0. The van der Waals surface area contributed by atoms with E-state index in [1.807, 2.05) is 0 Å². The van der Waals surface area contributed by atoms with Gasteiger partial charge in [-0.25, -0.2) is 0 Å². The Balaban J connectivity index is 1.70. The van der Waals surface area contributed by atoms with Crippen LogP contribution in [0.4, 0.5) is 54.0 Å². The van der Waals surface area contributed by atoms with Crippen molar-refractivity contribution in [2.45, 2.75) is 35.9 Å². The number of hydrogen-bond donors (Lipinski definition) is 0. The van der Waals surface area contributed by atoms with Crippen molar-refractivity contribution in [1.29, 1.82) is 0 Å². The van der Waals surface area contributed by atoms with Gasteiger partial charge in [0, 0.05) is 21.6 Å². The monoisotopic (exact) mass is 627 g/mol. The molecule has 1 fully saturated rings. The molecule has 5 rings (SSSR count). The lowest BCUT2D eigenvalue weighted by molar-refractivity contribution is -0.163. The van der Waals surface area contributed by atoms with Crippen LogP contribution in [0.2, 0.25) is 0 Å². The predicted octanol–water partition coefficient (Wildman–Crippen LogP) is 9.54. The van der Waals surface area contributed by atoms with Crippen molar-refractivity contribution in [2.24, 2.45) is 0 Å². The summed E-state index contributed by atoms with van der Waals surface area (Å²) in [5, 5.41) is 0. The lowest BCUT2D eigenvalue weighted by atomic mass is 9.87. The summed E-state index contributed by atoms with van der Waals surface area (Å²) in [6, 6.07) is 7.16. The molecule has 1 saturated carbocycles. The number of nitrogens with zero attached hydrogens (tertiary/aromatic N) is 1. The van der Waals surface area contributed by atoms with E-state index in [1.165, 1.54) is 18.2 Å². The van der Waals surface area contributed by atoms with Gasteiger partial charge in [0.15, 0.2) is 0 Å². The Morgan fingerprint density at radius 1 is 0.718 bits per heavy atom. The number of benzene rings is 3. The third kappa shape index (κ3) is 4.20. The van der Waals surface area contributed by atoms with E-state index < -0.39 is 69.9 Å². The zero-order valence-electron chi connectivity index (χ0n) is 19.0. The number of alkyl halides is 9. The summed E-state index contributed by atoms with van der Waals surface area (Å²) in [5.41, 5.74) is -7.26. The molecule has 0 unspecified atom stereocenters. The molecule has 3 aromatic carbocycles. The fourth-order valence-electron chi connectivity index (χ4n) is 5.49. The summed E-state index contributed by atoms with van der Waals surface area (Å²) in [4.78, 5) is 0.732. The highest BCUT2D eigenvalue weighted by atomic mass is 79.9. The second-order valence-electron chi connectivity index (χ2n) is 9.12. The Bertz CT molecular complexity index is 1450. The van der Waals surface area contributed by atoms with Gasteiger partial charge in [-0.2, -0.15) is 48.3 Å². The summed E-state index contributed by atoms with van der Waals surface area (Å²) in [6.45, 7) is 0. The molecule has 13 heteroatoms. The number of halogens is 12. The van der Waals surface area contributed by atoms with Crippen molar-refractivity contribution >= 4 is 27.3 Å². The molecule has 0 aromatic heterocycles. The van der Waals surface area contributed by atoms with Crippen LogP contribution in [0.25, 0.3) is 5.70 Å². The summed E-state index contributed by atoms with van der Waals surface area (Å²) in [6.07, 6.45) is -17.1. The van der Waals surface area contributed by atoms with Crippen LogP contribution in [-0.4, -0.2) is 12.2 Å². The minimum Gasteiger partial charge on any atom is -0.331 e. The number of anilines is 1. The van der Waals surface area contributed by atoms with Crippen LogP contribution in [0.15, 0.2) is 77.3 Å². The molecule has 39 heavy (non-hydrogen) atoms. The average Bonchev–Trinajstić information content (AvgIpc) is 3.43. The smallest absolute Gasteiger partial charge is 0.331 e. The lowest BCUT2D eigenvalue weighted by Crippen LogP contribution is -2.40. The Morgan fingerprint density at radius 3 is 1.69 bits per heavy atom. The largest absolute Gasteiger partial charge is 0.416 e. The fourth-order valence-corrected chi connectivity index (χ4v) is 5.87. The minimum absolute atomic E-state index is 0.0114. The second kappa shape index (κ2) is 8.70. The number of rotatable bonds is 3. The number of fused-ring (bicyclic) bond motifs is 3. The van der Waals surface area contributed by atoms with Crippen LogP contribution in [0.3, 0.4) is 0 Å². The molecule has 0 bridgehead atoms. The first-order valence-corrected chi connectivity index (χ1v) is 11.8. The van der Waals surface area contributed by atoms with Gasteiger partial charge >= 0.3 is 18.5 Å². The van der Waals surface area contributed by atoms with Gasteiger partial charge in [0.2, 0.25) is 0 Å². The zero-order valence-corrected chi connectivity index (χ0v) is 20.6. The molecule has 0 spiro atoms. The topological polar surface area (TPSA) is 3.24 Å². The van der Waals surface area contributed by atoms with E-state index in [9.17, 15) is 48.3 Å². The van der Waals surface area contributed by atoms with Gasteiger partial charge in [0.1, 0.15) is 11.1 Å². The van der Waals surface area contributed by atoms with Crippen molar-refractivity contribution in [3.63, 3.8) is 0 Å². The Labute approximate surface area is 221 Å². The first-order chi connectivity index (χ1) is 18.0. The van der Waals surface area contributed by atoms with Crippen molar-refractivity contribution in [2.75, 3.05) is 4.90 Å². The van der Waals surface area contributed by atoms with E-state index in [0.29, 0.717) is 40.9 Å². The van der Waals surface area contributed by atoms with Crippen molar-refractivity contribution < 1.29 is 48.3 Å².